The van der Waals surface area contributed by atoms with Gasteiger partial charge in [0.25, 0.3) is 0 Å². The number of benzene rings is 2. The van der Waals surface area contributed by atoms with Crippen LogP contribution in [-0.2, 0) is 33.7 Å². The number of aliphatic carboxylic acids is 1. The first-order valence-corrected chi connectivity index (χ1v) is 12.2. The lowest BCUT2D eigenvalue weighted by atomic mass is 9.93. The van der Waals surface area contributed by atoms with Gasteiger partial charge in [-0.05, 0) is 62.4 Å². The second kappa shape index (κ2) is 11.9. The molecule has 8 heteroatoms. The van der Waals surface area contributed by atoms with E-state index in [0.29, 0.717) is 44.1 Å². The van der Waals surface area contributed by atoms with Crippen LogP contribution in [0.5, 0.6) is 0 Å². The zero-order valence-corrected chi connectivity index (χ0v) is 21.6. The molecule has 190 valence electrons. The average Bonchev–Trinajstić information content (AvgIpc) is 2.79. The monoisotopic (exact) mass is 502 g/mol. The Morgan fingerprint density at radius 2 is 1.80 bits per heavy atom. The van der Waals surface area contributed by atoms with Gasteiger partial charge in [-0.15, -0.1) is 0 Å². The molecule has 0 aliphatic carbocycles. The van der Waals surface area contributed by atoms with Crippen molar-refractivity contribution in [1.82, 2.24) is 9.80 Å². The number of hydrogen-bond donors (Lipinski definition) is 1. The summed E-state index contributed by atoms with van der Waals surface area (Å²) in [5.41, 5.74) is 2.48. The molecule has 3 rings (SSSR count). The highest BCUT2D eigenvalue weighted by molar-refractivity contribution is 6.30. The highest BCUT2D eigenvalue weighted by Gasteiger charge is 2.36. The van der Waals surface area contributed by atoms with Crippen molar-refractivity contribution in [3.8, 4) is 0 Å². The minimum atomic E-state index is -0.920. The summed E-state index contributed by atoms with van der Waals surface area (Å²) in [7, 11) is 1.59. The minimum absolute atomic E-state index is 0.247. The average molecular weight is 503 g/mol. The fraction of sp³-hybridized carbons (Fsp3) is 0.481. The lowest BCUT2D eigenvalue weighted by molar-refractivity contribution is -0.143. The number of methoxy groups -OCH3 is 1. The number of amides is 1. The summed E-state index contributed by atoms with van der Waals surface area (Å²) < 4.78 is 11.0. The van der Waals surface area contributed by atoms with Gasteiger partial charge in [0.15, 0.2) is 0 Å². The number of carboxylic acids is 1. The van der Waals surface area contributed by atoms with Crippen LogP contribution in [0.3, 0.4) is 0 Å². The van der Waals surface area contributed by atoms with Gasteiger partial charge in [0, 0.05) is 31.8 Å². The van der Waals surface area contributed by atoms with E-state index >= 15 is 0 Å². The van der Waals surface area contributed by atoms with Crippen LogP contribution in [0, 0.1) is 0 Å². The molecule has 7 nitrogen and oxygen atoms in total. The van der Waals surface area contributed by atoms with E-state index < -0.39 is 23.7 Å². The molecule has 2 aromatic carbocycles. The number of rotatable bonds is 9. The van der Waals surface area contributed by atoms with Crippen molar-refractivity contribution >= 4 is 23.7 Å². The number of fused-ring (bicyclic) bond motifs is 1. The third-order valence-corrected chi connectivity index (χ3v) is 6.33. The van der Waals surface area contributed by atoms with Gasteiger partial charge in [0.05, 0.1) is 12.6 Å². The topological polar surface area (TPSA) is 79.3 Å². The van der Waals surface area contributed by atoms with Crippen molar-refractivity contribution in [1.29, 1.82) is 0 Å². The predicted molar refractivity (Wildman–Crippen MR) is 136 cm³/mol. The second-order valence-corrected chi connectivity index (χ2v) is 10.3. The van der Waals surface area contributed by atoms with E-state index in [4.69, 9.17) is 21.1 Å². The highest BCUT2D eigenvalue weighted by atomic mass is 35.5. The number of halogens is 1. The summed E-state index contributed by atoms with van der Waals surface area (Å²) in [5.74, 6) is -0.920. The molecular formula is C27H35ClN2O5. The molecule has 0 saturated heterocycles. The van der Waals surface area contributed by atoms with E-state index in [0.717, 1.165) is 16.7 Å². The molecular weight excluding hydrogens is 468 g/mol. The Hall–Kier alpha value is -2.61. The minimum Gasteiger partial charge on any atom is -0.480 e. The zero-order valence-electron chi connectivity index (χ0n) is 20.9. The van der Waals surface area contributed by atoms with Crippen molar-refractivity contribution in [3.05, 3.63) is 70.2 Å². The summed E-state index contributed by atoms with van der Waals surface area (Å²) in [5, 5.41) is 10.8. The van der Waals surface area contributed by atoms with E-state index in [2.05, 4.69) is 6.07 Å². The van der Waals surface area contributed by atoms with E-state index in [1.54, 1.807) is 24.1 Å². The number of ether oxygens (including phenoxy) is 2. The van der Waals surface area contributed by atoms with Crippen molar-refractivity contribution < 1.29 is 24.2 Å². The van der Waals surface area contributed by atoms with Crippen LogP contribution in [0.4, 0.5) is 4.79 Å². The Balaban J connectivity index is 1.89. The standard InChI is InChI=1S/C27H35ClN2O5/c1-27(2,3)35-26(33)30-17-21-8-6-5-7-20(21)16-23(30)18-29(13-14-34-4)24(25(31)32)15-19-9-11-22(28)12-10-19/h5-12,23-24H,13-18H2,1-4H3,(H,31,32)/t23-,24-/m1/s1. The zero-order chi connectivity index (χ0) is 25.6. The van der Waals surface area contributed by atoms with Gasteiger partial charge in [0.2, 0.25) is 0 Å². The number of nitrogens with zero attached hydrogens (tertiary/aromatic N) is 2. The smallest absolute Gasteiger partial charge is 0.410 e. The Labute approximate surface area is 212 Å². The van der Waals surface area contributed by atoms with Gasteiger partial charge in [-0.3, -0.25) is 14.6 Å². The van der Waals surface area contributed by atoms with E-state index in [1.807, 2.05) is 56.0 Å². The molecule has 0 unspecified atom stereocenters. The van der Waals surface area contributed by atoms with Gasteiger partial charge in [-0.2, -0.15) is 0 Å². The van der Waals surface area contributed by atoms with Crippen LogP contribution >= 0.6 is 11.6 Å². The second-order valence-electron chi connectivity index (χ2n) is 9.91. The molecule has 0 aromatic heterocycles. The molecule has 0 spiro atoms. The molecule has 1 aliphatic heterocycles. The molecule has 0 bridgehead atoms. The van der Waals surface area contributed by atoms with Gasteiger partial charge in [-0.1, -0.05) is 48.0 Å². The van der Waals surface area contributed by atoms with Crippen LogP contribution in [0.15, 0.2) is 48.5 Å². The molecule has 35 heavy (non-hydrogen) atoms. The Morgan fingerprint density at radius 1 is 1.14 bits per heavy atom. The lowest BCUT2D eigenvalue weighted by Gasteiger charge is -2.41. The molecule has 0 radical (unpaired) electrons. The molecule has 2 aromatic rings. The Bertz CT molecular complexity index is 1010. The van der Waals surface area contributed by atoms with Crippen LogP contribution in [0.1, 0.15) is 37.5 Å². The predicted octanol–water partition coefficient (Wildman–Crippen LogP) is 4.65. The molecule has 2 atom stereocenters. The molecule has 1 amide bonds. The van der Waals surface area contributed by atoms with Gasteiger partial charge in [0.1, 0.15) is 11.6 Å². The van der Waals surface area contributed by atoms with Gasteiger partial charge in [-0.25, -0.2) is 4.79 Å². The molecule has 0 fully saturated rings. The summed E-state index contributed by atoms with van der Waals surface area (Å²) in [4.78, 5) is 29.2. The fourth-order valence-corrected chi connectivity index (χ4v) is 4.48. The fourth-order valence-electron chi connectivity index (χ4n) is 4.35. The number of carboxylic acid groups (broad SMARTS) is 1. The molecule has 1 aliphatic rings. The van der Waals surface area contributed by atoms with E-state index in [-0.39, 0.29) is 6.04 Å². The quantitative estimate of drug-likeness (QED) is 0.538. The van der Waals surface area contributed by atoms with Crippen molar-refractivity contribution in [2.24, 2.45) is 0 Å². The summed E-state index contributed by atoms with van der Waals surface area (Å²) >= 11 is 6.01. The summed E-state index contributed by atoms with van der Waals surface area (Å²) in [6, 6.07) is 14.2. The van der Waals surface area contributed by atoms with Crippen LogP contribution in [0.25, 0.3) is 0 Å². The summed E-state index contributed by atoms with van der Waals surface area (Å²) in [6.45, 7) is 7.12. The van der Waals surface area contributed by atoms with Gasteiger partial charge < -0.3 is 14.6 Å². The maximum absolute atomic E-state index is 13.2. The lowest BCUT2D eigenvalue weighted by Crippen LogP contribution is -2.55. The number of hydrogen-bond acceptors (Lipinski definition) is 5. The number of carbonyl (C=O) groups excluding carboxylic acids is 1. The first-order valence-electron chi connectivity index (χ1n) is 11.8. The van der Waals surface area contributed by atoms with Crippen LogP contribution < -0.4 is 0 Å². The first kappa shape index (κ1) is 27.0. The van der Waals surface area contributed by atoms with Crippen LogP contribution in [-0.4, -0.2) is 71.5 Å². The normalized spacial score (nSPS) is 16.6. The highest BCUT2D eigenvalue weighted by Crippen LogP contribution is 2.27. The molecule has 0 saturated carbocycles. The maximum atomic E-state index is 13.2. The van der Waals surface area contributed by atoms with Crippen LogP contribution in [0.2, 0.25) is 5.02 Å². The maximum Gasteiger partial charge on any atom is 0.410 e. The SMILES string of the molecule is COCCN(C[C@H]1Cc2ccccc2CN1C(=O)OC(C)(C)C)[C@H](Cc1ccc(Cl)cc1)C(=O)O. The van der Waals surface area contributed by atoms with Gasteiger partial charge >= 0.3 is 12.1 Å². The molecule has 1 N–H and O–H groups in total. The van der Waals surface area contributed by atoms with E-state index in [1.165, 1.54) is 0 Å². The largest absolute Gasteiger partial charge is 0.480 e. The number of carbonyl (C=O) groups is 2. The van der Waals surface area contributed by atoms with Crippen molar-refractivity contribution in [2.45, 2.75) is 57.8 Å². The van der Waals surface area contributed by atoms with E-state index in [9.17, 15) is 14.7 Å². The molecule has 1 heterocycles. The third kappa shape index (κ3) is 7.69. The van der Waals surface area contributed by atoms with Crippen molar-refractivity contribution in [2.75, 3.05) is 26.8 Å². The summed E-state index contributed by atoms with van der Waals surface area (Å²) in [6.07, 6.45) is 0.534. The Kier molecular flexibility index (Phi) is 9.16. The third-order valence-electron chi connectivity index (χ3n) is 6.08. The Morgan fingerprint density at radius 3 is 2.40 bits per heavy atom. The first-order chi connectivity index (χ1) is 16.6. The van der Waals surface area contributed by atoms with Crippen molar-refractivity contribution in [3.63, 3.8) is 0 Å².